The molecule has 2 fully saturated rings. The van der Waals surface area contributed by atoms with Crippen LogP contribution in [-0.2, 0) is 0 Å². The minimum absolute atomic E-state index is 0.0142. The molecule has 35 heavy (non-hydrogen) atoms. The summed E-state index contributed by atoms with van der Waals surface area (Å²) in [5, 5.41) is 17.3. The molecule has 6 heteroatoms. The van der Waals surface area contributed by atoms with Crippen LogP contribution in [0.2, 0.25) is 0 Å². The first-order valence-corrected chi connectivity index (χ1v) is 12.4. The Morgan fingerprint density at radius 1 is 0.800 bits per heavy atom. The molecule has 0 unspecified atom stereocenters. The lowest BCUT2D eigenvalue weighted by atomic mass is 10.1. The van der Waals surface area contributed by atoms with E-state index < -0.39 is 0 Å². The molecule has 6 rings (SSSR count). The largest absolute Gasteiger partial charge is 0.393 e. The van der Waals surface area contributed by atoms with Crippen LogP contribution in [0.25, 0.3) is 16.6 Å². The van der Waals surface area contributed by atoms with E-state index in [-0.39, 0.29) is 12.0 Å². The van der Waals surface area contributed by atoms with Gasteiger partial charge in [-0.15, -0.1) is 0 Å². The van der Waals surface area contributed by atoms with E-state index in [4.69, 9.17) is 0 Å². The van der Waals surface area contributed by atoms with E-state index in [0.717, 1.165) is 66.7 Å². The molecule has 1 amide bonds. The zero-order valence-corrected chi connectivity index (χ0v) is 19.7. The lowest BCUT2D eigenvalue weighted by molar-refractivity contribution is 0.0951. The summed E-state index contributed by atoms with van der Waals surface area (Å²) in [7, 11) is 0. The first-order chi connectivity index (χ1) is 17.1. The minimum atomic E-state index is -0.157. The molecule has 6 nitrogen and oxygen atoms in total. The van der Waals surface area contributed by atoms with E-state index >= 15 is 0 Å². The predicted molar refractivity (Wildman–Crippen MR) is 141 cm³/mol. The number of amides is 1. The topological polar surface area (TPSA) is 69.5 Å². The van der Waals surface area contributed by atoms with Crippen molar-refractivity contribution in [1.82, 2.24) is 9.88 Å². The van der Waals surface area contributed by atoms with Crippen molar-refractivity contribution in [2.24, 2.45) is 0 Å². The number of aliphatic hydroxyl groups excluding tert-OH is 1. The number of rotatable bonds is 6. The SMILES string of the molecule is O=C(NC1CC1)c1ccc2c(ccn2-c2ccc(Nc3ccc(N4CCC(O)CC4)cc3)cc2)c1. The fraction of sp³-hybridized carbons (Fsp3) is 0.276. The second-order valence-corrected chi connectivity index (χ2v) is 9.64. The molecular weight excluding hydrogens is 436 g/mol. The Balaban J connectivity index is 1.13. The second kappa shape index (κ2) is 9.12. The van der Waals surface area contributed by atoms with Gasteiger partial charge in [-0.25, -0.2) is 0 Å². The van der Waals surface area contributed by atoms with Gasteiger partial charge in [-0.3, -0.25) is 4.79 Å². The van der Waals surface area contributed by atoms with Crippen molar-refractivity contribution in [3.05, 3.63) is 84.6 Å². The fourth-order valence-electron chi connectivity index (χ4n) is 4.76. The molecule has 1 saturated heterocycles. The number of hydrogen-bond acceptors (Lipinski definition) is 4. The van der Waals surface area contributed by atoms with Crippen molar-refractivity contribution < 1.29 is 9.90 Å². The van der Waals surface area contributed by atoms with Gasteiger partial charge in [-0.2, -0.15) is 0 Å². The standard InChI is InChI=1S/C29H30N4O2/c34-27-14-16-32(17-15-27)25-8-4-22(5-9-25)30-23-6-10-26(11-7-23)33-18-13-20-19-21(1-12-28(20)33)29(35)31-24-2-3-24/h1,4-13,18-19,24,27,30,34H,2-3,14-17H2,(H,31,35). The molecular formula is C29H30N4O2. The molecule has 1 aliphatic heterocycles. The molecule has 0 radical (unpaired) electrons. The maximum atomic E-state index is 12.4. The first kappa shape index (κ1) is 21.7. The van der Waals surface area contributed by atoms with Crippen molar-refractivity contribution in [2.45, 2.75) is 37.8 Å². The van der Waals surface area contributed by atoms with Gasteiger partial charge in [0.05, 0.1) is 11.6 Å². The fourth-order valence-corrected chi connectivity index (χ4v) is 4.76. The summed E-state index contributed by atoms with van der Waals surface area (Å²) < 4.78 is 2.14. The monoisotopic (exact) mass is 466 g/mol. The molecule has 0 atom stereocenters. The highest BCUT2D eigenvalue weighted by atomic mass is 16.3. The number of anilines is 3. The summed E-state index contributed by atoms with van der Waals surface area (Å²) in [6.45, 7) is 1.80. The van der Waals surface area contributed by atoms with E-state index in [9.17, 15) is 9.90 Å². The molecule has 1 saturated carbocycles. The van der Waals surface area contributed by atoms with E-state index in [2.05, 4.69) is 74.7 Å². The van der Waals surface area contributed by atoms with E-state index in [1.54, 1.807) is 0 Å². The van der Waals surface area contributed by atoms with Gasteiger partial charge in [0.25, 0.3) is 5.91 Å². The molecule has 2 aliphatic rings. The second-order valence-electron chi connectivity index (χ2n) is 9.64. The number of benzene rings is 3. The first-order valence-electron chi connectivity index (χ1n) is 12.4. The minimum Gasteiger partial charge on any atom is -0.393 e. The third-order valence-electron chi connectivity index (χ3n) is 7.00. The number of nitrogens with one attached hydrogen (secondary N) is 2. The Bertz CT molecular complexity index is 1330. The quantitative estimate of drug-likeness (QED) is 0.364. The number of hydrogen-bond donors (Lipinski definition) is 3. The average Bonchev–Trinajstić information content (AvgIpc) is 3.60. The normalized spacial score (nSPS) is 16.4. The molecule has 3 N–H and O–H groups in total. The van der Waals surface area contributed by atoms with Crippen molar-refractivity contribution in [3.63, 3.8) is 0 Å². The van der Waals surface area contributed by atoms with Crippen molar-refractivity contribution in [1.29, 1.82) is 0 Å². The Morgan fingerprint density at radius 2 is 1.46 bits per heavy atom. The third kappa shape index (κ3) is 4.75. The number of fused-ring (bicyclic) bond motifs is 1. The number of carbonyl (C=O) groups is 1. The highest BCUT2D eigenvalue weighted by Crippen LogP contribution is 2.27. The molecule has 3 aromatic carbocycles. The molecule has 0 spiro atoms. The summed E-state index contributed by atoms with van der Waals surface area (Å²) in [4.78, 5) is 14.7. The van der Waals surface area contributed by atoms with Crippen LogP contribution in [0.4, 0.5) is 17.1 Å². The smallest absolute Gasteiger partial charge is 0.251 e. The maximum absolute atomic E-state index is 12.4. The van der Waals surface area contributed by atoms with Crippen LogP contribution in [0.3, 0.4) is 0 Å². The Labute approximate surface area is 205 Å². The van der Waals surface area contributed by atoms with Gasteiger partial charge in [-0.05, 0) is 98.5 Å². The lowest BCUT2D eigenvalue weighted by Gasteiger charge is -2.31. The summed E-state index contributed by atoms with van der Waals surface area (Å²) in [5.74, 6) is 0.0142. The molecule has 1 aliphatic carbocycles. The van der Waals surface area contributed by atoms with Crippen molar-refractivity contribution >= 4 is 33.9 Å². The predicted octanol–water partition coefficient (Wildman–Crippen LogP) is 5.23. The molecule has 1 aromatic heterocycles. The molecule has 0 bridgehead atoms. The van der Waals surface area contributed by atoms with Gasteiger partial charge in [0.2, 0.25) is 0 Å². The van der Waals surface area contributed by atoms with E-state index in [0.29, 0.717) is 11.6 Å². The van der Waals surface area contributed by atoms with Crippen LogP contribution >= 0.6 is 0 Å². The zero-order valence-electron chi connectivity index (χ0n) is 19.7. The summed E-state index contributed by atoms with van der Waals surface area (Å²) in [6.07, 6.45) is 5.74. The molecule has 178 valence electrons. The van der Waals surface area contributed by atoms with E-state index in [1.165, 1.54) is 5.69 Å². The number of aliphatic hydroxyl groups is 1. The number of piperidine rings is 1. The molecule has 4 aromatic rings. The van der Waals surface area contributed by atoms with Crippen LogP contribution in [0, 0.1) is 0 Å². The maximum Gasteiger partial charge on any atom is 0.251 e. The third-order valence-corrected chi connectivity index (χ3v) is 7.00. The highest BCUT2D eigenvalue weighted by Gasteiger charge is 2.24. The van der Waals surface area contributed by atoms with Gasteiger partial charge < -0.3 is 25.2 Å². The van der Waals surface area contributed by atoms with Crippen LogP contribution in [0.5, 0.6) is 0 Å². The Hall–Kier alpha value is -3.77. The van der Waals surface area contributed by atoms with Crippen LogP contribution in [-0.4, -0.2) is 40.8 Å². The van der Waals surface area contributed by atoms with Crippen LogP contribution in [0.15, 0.2) is 79.0 Å². The Morgan fingerprint density at radius 3 is 2.11 bits per heavy atom. The summed E-state index contributed by atoms with van der Waals surface area (Å²) in [6, 6.07) is 25.2. The summed E-state index contributed by atoms with van der Waals surface area (Å²) >= 11 is 0. The van der Waals surface area contributed by atoms with Gasteiger partial charge in [0.1, 0.15) is 0 Å². The van der Waals surface area contributed by atoms with Gasteiger partial charge >= 0.3 is 0 Å². The van der Waals surface area contributed by atoms with Crippen molar-refractivity contribution in [3.8, 4) is 5.69 Å². The number of aromatic nitrogens is 1. The van der Waals surface area contributed by atoms with E-state index in [1.807, 2.05) is 24.4 Å². The Kier molecular flexibility index (Phi) is 5.66. The zero-order chi connectivity index (χ0) is 23.8. The van der Waals surface area contributed by atoms with Crippen molar-refractivity contribution in [2.75, 3.05) is 23.3 Å². The van der Waals surface area contributed by atoms with Gasteiger partial charge in [0.15, 0.2) is 0 Å². The van der Waals surface area contributed by atoms with Crippen LogP contribution in [0.1, 0.15) is 36.0 Å². The highest BCUT2D eigenvalue weighted by molar-refractivity contribution is 5.98. The molecule has 2 heterocycles. The summed E-state index contributed by atoms with van der Waals surface area (Å²) in [5.41, 5.74) is 6.13. The average molecular weight is 467 g/mol. The lowest BCUT2D eigenvalue weighted by Crippen LogP contribution is -2.35. The van der Waals surface area contributed by atoms with Crippen LogP contribution < -0.4 is 15.5 Å². The van der Waals surface area contributed by atoms with Gasteiger partial charge in [-0.1, -0.05) is 0 Å². The number of nitrogens with zero attached hydrogens (tertiary/aromatic N) is 2. The van der Waals surface area contributed by atoms with Gasteiger partial charge in [0, 0.05) is 59.0 Å². The number of carbonyl (C=O) groups excluding carboxylic acids is 1.